The number of anilines is 1. The van der Waals surface area contributed by atoms with Gasteiger partial charge in [0.2, 0.25) is 0 Å². The van der Waals surface area contributed by atoms with Crippen LogP contribution < -0.4 is 10.6 Å². The van der Waals surface area contributed by atoms with Gasteiger partial charge in [-0.1, -0.05) is 28.1 Å². The lowest BCUT2D eigenvalue weighted by Crippen LogP contribution is -2.45. The maximum Gasteiger partial charge on any atom is 0.173 e. The molecule has 28 heavy (non-hydrogen) atoms. The summed E-state index contributed by atoms with van der Waals surface area (Å²) in [4.78, 5) is 11.0. The van der Waals surface area contributed by atoms with Gasteiger partial charge in [0.25, 0.3) is 0 Å². The second-order valence-electron chi connectivity index (χ2n) is 6.64. The van der Waals surface area contributed by atoms with Crippen LogP contribution in [0.5, 0.6) is 0 Å². The van der Waals surface area contributed by atoms with E-state index < -0.39 is 5.79 Å². The van der Waals surface area contributed by atoms with E-state index in [0.717, 1.165) is 41.8 Å². The highest BCUT2D eigenvalue weighted by atomic mass is 79.9. The summed E-state index contributed by atoms with van der Waals surface area (Å²) in [6, 6.07) is 7.74. The van der Waals surface area contributed by atoms with Crippen molar-refractivity contribution in [2.75, 3.05) is 31.2 Å². The molecule has 3 heterocycles. The van der Waals surface area contributed by atoms with E-state index >= 15 is 0 Å². The molecular weight excluding hydrogens is 424 g/mol. The monoisotopic (exact) mass is 444 g/mol. The fraction of sp³-hybridized carbons (Fsp3) is 0.368. The van der Waals surface area contributed by atoms with Gasteiger partial charge in [-0.2, -0.15) is 5.10 Å². The highest BCUT2D eigenvalue weighted by Crippen LogP contribution is 2.32. The van der Waals surface area contributed by atoms with Crippen LogP contribution >= 0.6 is 15.9 Å². The Morgan fingerprint density at radius 2 is 1.86 bits per heavy atom. The van der Waals surface area contributed by atoms with Gasteiger partial charge in [-0.05, 0) is 17.7 Å². The molecule has 0 unspecified atom stereocenters. The SMILES string of the molecule is N/C(=N/N=C/c1ccc(Br)cc1)c1cncc(N2CCC3(CC2)OCCO3)n1. The van der Waals surface area contributed by atoms with Gasteiger partial charge in [-0.3, -0.25) is 4.98 Å². The number of nitrogens with two attached hydrogens (primary N) is 1. The maximum absolute atomic E-state index is 6.04. The molecule has 2 fully saturated rings. The van der Waals surface area contributed by atoms with Crippen molar-refractivity contribution in [3.8, 4) is 0 Å². The molecule has 1 spiro atoms. The molecule has 2 aromatic rings. The smallest absolute Gasteiger partial charge is 0.173 e. The molecule has 4 rings (SSSR count). The lowest BCUT2D eigenvalue weighted by atomic mass is 10.0. The summed E-state index contributed by atoms with van der Waals surface area (Å²) in [5.41, 5.74) is 7.47. The number of rotatable bonds is 4. The van der Waals surface area contributed by atoms with Gasteiger partial charge in [-0.25, -0.2) is 4.98 Å². The van der Waals surface area contributed by atoms with Crippen molar-refractivity contribution in [1.82, 2.24) is 9.97 Å². The van der Waals surface area contributed by atoms with E-state index in [2.05, 4.69) is 41.0 Å². The van der Waals surface area contributed by atoms with Gasteiger partial charge in [0.1, 0.15) is 11.5 Å². The van der Waals surface area contributed by atoms with Gasteiger partial charge in [-0.15, -0.1) is 5.10 Å². The van der Waals surface area contributed by atoms with E-state index in [1.54, 1.807) is 18.6 Å². The molecule has 2 aliphatic heterocycles. The Kier molecular flexibility index (Phi) is 5.65. The van der Waals surface area contributed by atoms with Crippen LogP contribution in [0.1, 0.15) is 24.1 Å². The first-order chi connectivity index (χ1) is 13.6. The lowest BCUT2D eigenvalue weighted by Gasteiger charge is -2.38. The second kappa shape index (κ2) is 8.34. The van der Waals surface area contributed by atoms with Crippen LogP contribution in [0.15, 0.2) is 51.3 Å². The molecule has 8 nitrogen and oxygen atoms in total. The number of hydrogen-bond donors (Lipinski definition) is 1. The molecule has 2 N–H and O–H groups in total. The molecule has 146 valence electrons. The van der Waals surface area contributed by atoms with Gasteiger partial charge in [0, 0.05) is 30.4 Å². The van der Waals surface area contributed by atoms with Gasteiger partial charge < -0.3 is 20.1 Å². The maximum atomic E-state index is 6.04. The minimum absolute atomic E-state index is 0.221. The summed E-state index contributed by atoms with van der Waals surface area (Å²) in [5.74, 6) is 0.572. The quantitative estimate of drug-likeness (QED) is 0.441. The van der Waals surface area contributed by atoms with Crippen molar-refractivity contribution in [3.05, 3.63) is 52.4 Å². The Balaban J connectivity index is 1.42. The normalized spacial score (nSPS) is 19.6. The average molecular weight is 445 g/mol. The molecule has 0 bridgehead atoms. The zero-order chi connectivity index (χ0) is 19.4. The Labute approximate surface area is 171 Å². The topological polar surface area (TPSA) is 98.2 Å². The molecule has 9 heteroatoms. The number of ether oxygens (including phenoxy) is 2. The van der Waals surface area contributed by atoms with E-state index in [4.69, 9.17) is 15.2 Å². The minimum Gasteiger partial charge on any atom is -0.380 e. The molecular formula is C19H21BrN6O2. The standard InChI is InChI=1S/C19H21BrN6O2/c20-15-3-1-14(2-4-15)11-23-25-18(21)16-12-22-13-17(24-16)26-7-5-19(6-8-26)27-9-10-28-19/h1-4,11-13H,5-10H2,(H2,21,25)/b23-11+. The van der Waals surface area contributed by atoms with E-state index in [-0.39, 0.29) is 5.84 Å². The van der Waals surface area contributed by atoms with Crippen molar-refractivity contribution >= 4 is 33.8 Å². The predicted molar refractivity (Wildman–Crippen MR) is 111 cm³/mol. The first kappa shape index (κ1) is 19.0. The fourth-order valence-corrected chi connectivity index (χ4v) is 3.52. The van der Waals surface area contributed by atoms with Crippen LogP contribution in [0.3, 0.4) is 0 Å². The third-order valence-corrected chi connectivity index (χ3v) is 5.32. The van der Waals surface area contributed by atoms with Crippen molar-refractivity contribution in [2.45, 2.75) is 18.6 Å². The molecule has 0 radical (unpaired) electrons. The molecule has 2 saturated heterocycles. The van der Waals surface area contributed by atoms with E-state index in [1.807, 2.05) is 24.3 Å². The van der Waals surface area contributed by atoms with Crippen molar-refractivity contribution < 1.29 is 9.47 Å². The Morgan fingerprint density at radius 1 is 1.14 bits per heavy atom. The number of piperidine rings is 1. The molecule has 0 amide bonds. The summed E-state index contributed by atoms with van der Waals surface area (Å²) in [6.07, 6.45) is 6.57. The summed E-state index contributed by atoms with van der Waals surface area (Å²) in [6.45, 7) is 2.92. The highest BCUT2D eigenvalue weighted by molar-refractivity contribution is 9.10. The molecule has 2 aliphatic rings. The Bertz CT molecular complexity index is 870. The number of amidine groups is 1. The van der Waals surface area contributed by atoms with Crippen LogP contribution in [0.2, 0.25) is 0 Å². The van der Waals surface area contributed by atoms with Gasteiger partial charge in [0.15, 0.2) is 11.6 Å². The van der Waals surface area contributed by atoms with Crippen LogP contribution in [-0.2, 0) is 9.47 Å². The van der Waals surface area contributed by atoms with Crippen LogP contribution in [-0.4, -0.2) is 54.1 Å². The van der Waals surface area contributed by atoms with E-state index in [9.17, 15) is 0 Å². The number of aromatic nitrogens is 2. The minimum atomic E-state index is -0.413. The average Bonchev–Trinajstić information content (AvgIpc) is 3.18. The molecule has 0 saturated carbocycles. The van der Waals surface area contributed by atoms with Gasteiger partial charge in [0.05, 0.1) is 31.8 Å². The Hall–Kier alpha value is -2.36. The molecule has 0 aliphatic carbocycles. The van der Waals surface area contributed by atoms with Crippen LogP contribution in [0.4, 0.5) is 5.82 Å². The largest absolute Gasteiger partial charge is 0.380 e. The summed E-state index contributed by atoms with van der Waals surface area (Å²) >= 11 is 3.40. The van der Waals surface area contributed by atoms with Crippen molar-refractivity contribution in [1.29, 1.82) is 0 Å². The number of nitrogens with zero attached hydrogens (tertiary/aromatic N) is 5. The van der Waals surface area contributed by atoms with E-state index in [0.29, 0.717) is 18.9 Å². The number of halogens is 1. The first-order valence-electron chi connectivity index (χ1n) is 9.11. The third kappa shape index (κ3) is 4.37. The first-order valence-corrected chi connectivity index (χ1v) is 9.90. The Morgan fingerprint density at radius 3 is 2.57 bits per heavy atom. The lowest BCUT2D eigenvalue weighted by molar-refractivity contribution is -0.169. The fourth-order valence-electron chi connectivity index (χ4n) is 3.25. The van der Waals surface area contributed by atoms with Crippen LogP contribution in [0.25, 0.3) is 0 Å². The number of hydrogen-bond acceptors (Lipinski definition) is 7. The zero-order valence-corrected chi connectivity index (χ0v) is 16.9. The summed E-state index contributed by atoms with van der Waals surface area (Å²) in [7, 11) is 0. The van der Waals surface area contributed by atoms with E-state index in [1.165, 1.54) is 0 Å². The highest BCUT2D eigenvalue weighted by Gasteiger charge is 2.40. The summed E-state index contributed by atoms with van der Waals surface area (Å²) in [5, 5.41) is 8.09. The number of benzene rings is 1. The summed E-state index contributed by atoms with van der Waals surface area (Å²) < 4.78 is 12.6. The molecule has 1 aromatic heterocycles. The predicted octanol–water partition coefficient (Wildman–Crippen LogP) is 2.32. The zero-order valence-electron chi connectivity index (χ0n) is 15.3. The van der Waals surface area contributed by atoms with Gasteiger partial charge >= 0.3 is 0 Å². The molecule has 0 atom stereocenters. The van der Waals surface area contributed by atoms with Crippen LogP contribution in [0, 0.1) is 0 Å². The van der Waals surface area contributed by atoms with Crippen molar-refractivity contribution in [3.63, 3.8) is 0 Å². The van der Waals surface area contributed by atoms with Crippen molar-refractivity contribution in [2.24, 2.45) is 15.9 Å². The second-order valence-corrected chi connectivity index (χ2v) is 7.55. The molecule has 1 aromatic carbocycles. The third-order valence-electron chi connectivity index (χ3n) is 4.79.